The summed E-state index contributed by atoms with van der Waals surface area (Å²) < 4.78 is 9.89. The monoisotopic (exact) mass is 241 g/mol. The molecular formula is C11H15NO5. The van der Waals surface area contributed by atoms with Crippen LogP contribution in [-0.2, 0) is 19.1 Å². The number of nitrogens with one attached hydrogen (secondary N) is 1. The van der Waals surface area contributed by atoms with Crippen molar-refractivity contribution < 1.29 is 23.9 Å². The Morgan fingerprint density at radius 3 is 2.41 bits per heavy atom. The fraction of sp³-hybridized carbons (Fsp3) is 0.727. The van der Waals surface area contributed by atoms with Gasteiger partial charge < -0.3 is 9.47 Å². The highest BCUT2D eigenvalue weighted by atomic mass is 16.7. The third kappa shape index (κ3) is 3.18. The topological polar surface area (TPSA) is 81.7 Å². The minimum Gasteiger partial charge on any atom is -0.431 e. The van der Waals surface area contributed by atoms with Crippen molar-refractivity contribution in [1.29, 1.82) is 0 Å². The summed E-state index contributed by atoms with van der Waals surface area (Å²) in [6.07, 6.45) is 2.81. The van der Waals surface area contributed by atoms with Crippen LogP contribution in [0.3, 0.4) is 0 Å². The van der Waals surface area contributed by atoms with Gasteiger partial charge in [-0.3, -0.25) is 14.9 Å². The molecule has 2 aliphatic rings. The summed E-state index contributed by atoms with van der Waals surface area (Å²) in [5, 5.41) is 2.07. The Balaban J connectivity index is 1.76. The van der Waals surface area contributed by atoms with Gasteiger partial charge in [-0.25, -0.2) is 4.79 Å². The summed E-state index contributed by atoms with van der Waals surface area (Å²) in [6, 6.07) is 0. The molecule has 0 radical (unpaired) electrons. The summed E-state index contributed by atoms with van der Waals surface area (Å²) in [6.45, 7) is 0. The van der Waals surface area contributed by atoms with E-state index in [-0.39, 0.29) is 12.5 Å². The molecule has 1 aliphatic heterocycles. The SMILES string of the molecule is O=C1CC(OC(=O)OC2CCCCC2)C(=O)N1. The van der Waals surface area contributed by atoms with Gasteiger partial charge in [0.25, 0.3) is 5.91 Å². The van der Waals surface area contributed by atoms with Crippen LogP contribution in [0.1, 0.15) is 38.5 Å². The van der Waals surface area contributed by atoms with Gasteiger partial charge in [0.2, 0.25) is 5.91 Å². The first-order valence-corrected chi connectivity index (χ1v) is 5.86. The smallest absolute Gasteiger partial charge is 0.431 e. The zero-order valence-electron chi connectivity index (χ0n) is 9.44. The van der Waals surface area contributed by atoms with Crippen molar-refractivity contribution in [2.24, 2.45) is 0 Å². The highest BCUT2D eigenvalue weighted by molar-refractivity contribution is 6.05. The molecule has 1 saturated heterocycles. The normalized spacial score (nSPS) is 25.5. The van der Waals surface area contributed by atoms with Gasteiger partial charge in [-0.05, 0) is 25.7 Å². The molecule has 1 aliphatic carbocycles. The van der Waals surface area contributed by atoms with E-state index in [1.165, 1.54) is 0 Å². The number of imide groups is 1. The molecule has 1 heterocycles. The molecule has 6 heteroatoms. The second-order valence-electron chi connectivity index (χ2n) is 4.35. The van der Waals surface area contributed by atoms with E-state index in [2.05, 4.69) is 5.32 Å². The van der Waals surface area contributed by atoms with Gasteiger partial charge in [-0.2, -0.15) is 0 Å². The van der Waals surface area contributed by atoms with Crippen molar-refractivity contribution in [2.45, 2.75) is 50.7 Å². The van der Waals surface area contributed by atoms with Crippen LogP contribution in [0.2, 0.25) is 0 Å². The van der Waals surface area contributed by atoms with Gasteiger partial charge in [0.1, 0.15) is 6.10 Å². The van der Waals surface area contributed by atoms with E-state index in [0.717, 1.165) is 32.1 Å². The molecule has 1 N–H and O–H groups in total. The number of amides is 2. The van der Waals surface area contributed by atoms with E-state index in [1.807, 2.05) is 0 Å². The number of carbonyl (C=O) groups is 3. The molecule has 0 aromatic rings. The third-order valence-electron chi connectivity index (χ3n) is 2.98. The number of ether oxygens (including phenoxy) is 2. The first-order valence-electron chi connectivity index (χ1n) is 5.86. The third-order valence-corrected chi connectivity index (χ3v) is 2.98. The minimum atomic E-state index is -1.03. The van der Waals surface area contributed by atoms with Crippen molar-refractivity contribution in [2.75, 3.05) is 0 Å². The lowest BCUT2D eigenvalue weighted by Crippen LogP contribution is -2.30. The Labute approximate surface area is 98.6 Å². The van der Waals surface area contributed by atoms with Gasteiger partial charge in [0.15, 0.2) is 6.10 Å². The molecule has 17 heavy (non-hydrogen) atoms. The Morgan fingerprint density at radius 1 is 1.12 bits per heavy atom. The van der Waals surface area contributed by atoms with Crippen LogP contribution in [0, 0.1) is 0 Å². The number of hydrogen-bond acceptors (Lipinski definition) is 5. The summed E-state index contributed by atoms with van der Waals surface area (Å²) >= 11 is 0. The van der Waals surface area contributed by atoms with E-state index in [9.17, 15) is 14.4 Å². The lowest BCUT2D eigenvalue weighted by Gasteiger charge is -2.21. The molecule has 1 saturated carbocycles. The summed E-state index contributed by atoms with van der Waals surface area (Å²) in [5.41, 5.74) is 0. The molecule has 2 amide bonds. The van der Waals surface area contributed by atoms with Crippen molar-refractivity contribution in [3.05, 3.63) is 0 Å². The zero-order chi connectivity index (χ0) is 12.3. The van der Waals surface area contributed by atoms with E-state index < -0.39 is 24.1 Å². The molecule has 1 atom stereocenters. The van der Waals surface area contributed by atoms with Crippen LogP contribution in [0.5, 0.6) is 0 Å². The van der Waals surface area contributed by atoms with Crippen LogP contribution in [-0.4, -0.2) is 30.2 Å². The molecule has 0 aromatic heterocycles. The van der Waals surface area contributed by atoms with Crippen LogP contribution in [0.25, 0.3) is 0 Å². The van der Waals surface area contributed by atoms with Crippen molar-refractivity contribution in [3.63, 3.8) is 0 Å². The summed E-state index contributed by atoms with van der Waals surface area (Å²) in [7, 11) is 0. The predicted octanol–water partition coefficient (Wildman–Crippen LogP) is 0.887. The van der Waals surface area contributed by atoms with Gasteiger partial charge in [0, 0.05) is 0 Å². The zero-order valence-corrected chi connectivity index (χ0v) is 9.44. The number of hydrogen-bond donors (Lipinski definition) is 1. The Morgan fingerprint density at radius 2 is 1.82 bits per heavy atom. The van der Waals surface area contributed by atoms with Crippen LogP contribution >= 0.6 is 0 Å². The average Bonchev–Trinajstić information content (AvgIpc) is 2.58. The van der Waals surface area contributed by atoms with E-state index >= 15 is 0 Å². The van der Waals surface area contributed by atoms with Crippen molar-refractivity contribution >= 4 is 18.0 Å². The first-order chi connectivity index (χ1) is 8.15. The van der Waals surface area contributed by atoms with Crippen molar-refractivity contribution in [3.8, 4) is 0 Å². The quantitative estimate of drug-likeness (QED) is 0.573. The van der Waals surface area contributed by atoms with Crippen LogP contribution in [0.4, 0.5) is 4.79 Å². The van der Waals surface area contributed by atoms with Gasteiger partial charge in [0.05, 0.1) is 6.42 Å². The minimum absolute atomic E-state index is 0.113. The molecule has 1 unspecified atom stereocenters. The van der Waals surface area contributed by atoms with E-state index in [4.69, 9.17) is 9.47 Å². The second-order valence-corrected chi connectivity index (χ2v) is 4.35. The predicted molar refractivity (Wildman–Crippen MR) is 56.0 cm³/mol. The second kappa shape index (κ2) is 5.16. The maximum absolute atomic E-state index is 11.4. The maximum atomic E-state index is 11.4. The van der Waals surface area contributed by atoms with Gasteiger partial charge in [-0.1, -0.05) is 6.42 Å². The Hall–Kier alpha value is -1.59. The number of carbonyl (C=O) groups excluding carboxylic acids is 3. The lowest BCUT2D eigenvalue weighted by molar-refractivity contribution is -0.129. The molecular weight excluding hydrogens is 226 g/mol. The molecule has 94 valence electrons. The first kappa shape index (κ1) is 11.9. The molecule has 0 spiro atoms. The average molecular weight is 241 g/mol. The summed E-state index contributed by atoms with van der Waals surface area (Å²) in [4.78, 5) is 33.4. The molecule has 6 nitrogen and oxygen atoms in total. The van der Waals surface area contributed by atoms with E-state index in [1.54, 1.807) is 0 Å². The highest BCUT2D eigenvalue weighted by Gasteiger charge is 2.34. The highest BCUT2D eigenvalue weighted by Crippen LogP contribution is 2.21. The molecule has 0 bridgehead atoms. The van der Waals surface area contributed by atoms with Gasteiger partial charge in [-0.15, -0.1) is 0 Å². The lowest BCUT2D eigenvalue weighted by atomic mass is 9.98. The largest absolute Gasteiger partial charge is 0.509 e. The van der Waals surface area contributed by atoms with Gasteiger partial charge >= 0.3 is 6.16 Å². The van der Waals surface area contributed by atoms with Crippen LogP contribution < -0.4 is 5.32 Å². The maximum Gasteiger partial charge on any atom is 0.509 e. The fourth-order valence-corrected chi connectivity index (χ4v) is 2.09. The number of rotatable bonds is 2. The fourth-order valence-electron chi connectivity index (χ4n) is 2.09. The molecule has 2 fully saturated rings. The summed E-state index contributed by atoms with van der Waals surface area (Å²) in [5.74, 6) is -0.999. The van der Waals surface area contributed by atoms with Crippen molar-refractivity contribution in [1.82, 2.24) is 5.32 Å². The standard InChI is InChI=1S/C11H15NO5/c13-9-6-8(10(14)12-9)17-11(15)16-7-4-2-1-3-5-7/h7-8H,1-6H2,(H,12,13,14). The Bertz CT molecular complexity index is 335. The Kier molecular flexibility index (Phi) is 3.61. The molecule has 2 rings (SSSR count). The van der Waals surface area contributed by atoms with Crippen LogP contribution in [0.15, 0.2) is 0 Å². The molecule has 0 aromatic carbocycles. The van der Waals surface area contributed by atoms with E-state index in [0.29, 0.717) is 0 Å².